The van der Waals surface area contributed by atoms with Crippen molar-refractivity contribution in [3.8, 4) is 0 Å². The van der Waals surface area contributed by atoms with Crippen LogP contribution in [0.15, 0.2) is 30.3 Å². The van der Waals surface area contributed by atoms with E-state index in [-0.39, 0.29) is 6.04 Å². The molecule has 0 aliphatic heterocycles. The summed E-state index contributed by atoms with van der Waals surface area (Å²) >= 11 is 0. The van der Waals surface area contributed by atoms with E-state index in [1.54, 1.807) is 4.68 Å². The van der Waals surface area contributed by atoms with Gasteiger partial charge in [-0.1, -0.05) is 42.4 Å². The van der Waals surface area contributed by atoms with Crippen molar-refractivity contribution in [3.63, 3.8) is 0 Å². The summed E-state index contributed by atoms with van der Waals surface area (Å²) in [5, 5.41) is 14.6. The van der Waals surface area contributed by atoms with E-state index in [2.05, 4.69) is 39.9 Å². The van der Waals surface area contributed by atoms with Crippen molar-refractivity contribution in [3.05, 3.63) is 35.9 Å². The highest BCUT2D eigenvalue weighted by atomic mass is 15.6. The Bertz CT molecular complexity index is 437. The Morgan fingerprint density at radius 2 is 2.06 bits per heavy atom. The fourth-order valence-electron chi connectivity index (χ4n) is 1.61. The summed E-state index contributed by atoms with van der Waals surface area (Å²) in [6.07, 6.45) is 0.983. The lowest BCUT2D eigenvalue weighted by Crippen LogP contribution is -2.13. The molecular weight excluding hydrogens is 202 g/mol. The van der Waals surface area contributed by atoms with E-state index >= 15 is 0 Å². The zero-order chi connectivity index (χ0) is 11.4. The second-order valence-corrected chi connectivity index (χ2v) is 3.64. The third-order valence-corrected chi connectivity index (χ3v) is 2.53. The van der Waals surface area contributed by atoms with Crippen LogP contribution in [0.2, 0.25) is 0 Å². The van der Waals surface area contributed by atoms with Crippen molar-refractivity contribution in [2.24, 2.45) is 7.05 Å². The van der Waals surface area contributed by atoms with Crippen LogP contribution in [0.5, 0.6) is 0 Å². The lowest BCUT2D eigenvalue weighted by atomic mass is 10.1. The summed E-state index contributed by atoms with van der Waals surface area (Å²) < 4.78 is 1.63. The first-order valence-electron chi connectivity index (χ1n) is 5.35. The smallest absolute Gasteiger partial charge is 0.243 e. The minimum atomic E-state index is 0.242. The summed E-state index contributed by atoms with van der Waals surface area (Å²) in [5.74, 6) is 0.690. The molecule has 2 rings (SSSR count). The molecule has 1 unspecified atom stereocenters. The van der Waals surface area contributed by atoms with E-state index in [0.717, 1.165) is 6.42 Å². The molecule has 1 aromatic heterocycles. The molecule has 1 heterocycles. The predicted molar refractivity (Wildman–Crippen MR) is 61.9 cm³/mol. The van der Waals surface area contributed by atoms with Crippen molar-refractivity contribution in [2.45, 2.75) is 19.4 Å². The molecule has 5 heteroatoms. The Kier molecular flexibility index (Phi) is 3.14. The van der Waals surface area contributed by atoms with Gasteiger partial charge in [-0.3, -0.25) is 0 Å². The highest BCUT2D eigenvalue weighted by Gasteiger charge is 2.11. The standard InChI is InChI=1S/C11H15N5/c1-3-10(9-7-5-4-6-8-9)12-11-13-14-15-16(11)2/h4-8,10H,3H2,1-2H3,(H,12,13,15). The highest BCUT2D eigenvalue weighted by molar-refractivity contribution is 5.30. The van der Waals surface area contributed by atoms with E-state index in [1.165, 1.54) is 5.56 Å². The first-order valence-corrected chi connectivity index (χ1v) is 5.35. The predicted octanol–water partition coefficient (Wildman–Crippen LogP) is 1.77. The summed E-state index contributed by atoms with van der Waals surface area (Å²) in [7, 11) is 1.82. The number of hydrogen-bond acceptors (Lipinski definition) is 4. The topological polar surface area (TPSA) is 55.6 Å². The molecule has 0 bridgehead atoms. The molecule has 0 radical (unpaired) electrons. The third kappa shape index (κ3) is 2.18. The van der Waals surface area contributed by atoms with Crippen LogP contribution in [0, 0.1) is 0 Å². The fraction of sp³-hybridized carbons (Fsp3) is 0.364. The highest BCUT2D eigenvalue weighted by Crippen LogP contribution is 2.20. The minimum Gasteiger partial charge on any atom is -0.346 e. The zero-order valence-corrected chi connectivity index (χ0v) is 9.46. The molecule has 16 heavy (non-hydrogen) atoms. The molecule has 0 aliphatic rings. The van der Waals surface area contributed by atoms with E-state index < -0.39 is 0 Å². The molecule has 1 aromatic carbocycles. The number of aromatic nitrogens is 4. The van der Waals surface area contributed by atoms with Crippen molar-refractivity contribution in [2.75, 3.05) is 5.32 Å². The molecule has 0 fully saturated rings. The molecule has 1 atom stereocenters. The zero-order valence-electron chi connectivity index (χ0n) is 9.46. The van der Waals surface area contributed by atoms with Crippen molar-refractivity contribution in [1.29, 1.82) is 0 Å². The summed E-state index contributed by atoms with van der Waals surface area (Å²) in [6.45, 7) is 2.13. The summed E-state index contributed by atoms with van der Waals surface area (Å²) in [6, 6.07) is 10.5. The van der Waals surface area contributed by atoms with Gasteiger partial charge in [0.05, 0.1) is 6.04 Å². The van der Waals surface area contributed by atoms with Gasteiger partial charge in [-0.15, -0.1) is 0 Å². The number of hydrogen-bond donors (Lipinski definition) is 1. The average molecular weight is 217 g/mol. The lowest BCUT2D eigenvalue weighted by Gasteiger charge is -2.16. The van der Waals surface area contributed by atoms with E-state index in [9.17, 15) is 0 Å². The van der Waals surface area contributed by atoms with Gasteiger partial charge in [0.15, 0.2) is 0 Å². The molecular formula is C11H15N5. The molecule has 2 aromatic rings. The van der Waals surface area contributed by atoms with Crippen LogP contribution < -0.4 is 5.32 Å². The molecule has 0 saturated carbocycles. The Labute approximate surface area is 94.5 Å². The van der Waals surface area contributed by atoms with Crippen molar-refractivity contribution >= 4 is 5.95 Å². The second-order valence-electron chi connectivity index (χ2n) is 3.64. The maximum absolute atomic E-state index is 3.92. The number of nitrogens with one attached hydrogen (secondary N) is 1. The maximum atomic E-state index is 3.92. The van der Waals surface area contributed by atoms with Crippen LogP contribution in [-0.2, 0) is 7.05 Å². The van der Waals surface area contributed by atoms with Crippen LogP contribution in [0.3, 0.4) is 0 Å². The first-order chi connectivity index (χ1) is 7.81. The van der Waals surface area contributed by atoms with Gasteiger partial charge >= 0.3 is 0 Å². The second kappa shape index (κ2) is 4.74. The molecule has 0 amide bonds. The molecule has 0 saturated heterocycles. The lowest BCUT2D eigenvalue weighted by molar-refractivity contribution is 0.688. The van der Waals surface area contributed by atoms with Gasteiger partial charge in [0, 0.05) is 7.05 Å². The Hall–Kier alpha value is -1.91. The van der Waals surface area contributed by atoms with Gasteiger partial charge in [0.25, 0.3) is 0 Å². The van der Waals surface area contributed by atoms with Crippen molar-refractivity contribution in [1.82, 2.24) is 20.2 Å². The van der Waals surface area contributed by atoms with Gasteiger partial charge < -0.3 is 5.32 Å². The van der Waals surface area contributed by atoms with Gasteiger partial charge in [0.2, 0.25) is 5.95 Å². The van der Waals surface area contributed by atoms with Crippen molar-refractivity contribution < 1.29 is 0 Å². The molecule has 5 nitrogen and oxygen atoms in total. The summed E-state index contributed by atoms with van der Waals surface area (Å²) in [4.78, 5) is 0. The Morgan fingerprint density at radius 1 is 1.31 bits per heavy atom. The van der Waals surface area contributed by atoms with Crippen LogP contribution >= 0.6 is 0 Å². The Morgan fingerprint density at radius 3 is 2.62 bits per heavy atom. The number of anilines is 1. The normalized spacial score (nSPS) is 12.4. The van der Waals surface area contributed by atoms with Gasteiger partial charge in [0.1, 0.15) is 0 Å². The van der Waals surface area contributed by atoms with Crippen LogP contribution in [0.1, 0.15) is 24.9 Å². The van der Waals surface area contributed by atoms with Crippen LogP contribution in [-0.4, -0.2) is 20.2 Å². The van der Waals surface area contributed by atoms with Crippen LogP contribution in [0.25, 0.3) is 0 Å². The number of tetrazole rings is 1. The molecule has 0 spiro atoms. The van der Waals surface area contributed by atoms with Gasteiger partial charge in [-0.2, -0.15) is 0 Å². The van der Waals surface area contributed by atoms with E-state index in [4.69, 9.17) is 0 Å². The monoisotopic (exact) mass is 217 g/mol. The molecule has 84 valence electrons. The minimum absolute atomic E-state index is 0.242. The Balaban J connectivity index is 2.16. The fourth-order valence-corrected chi connectivity index (χ4v) is 1.61. The third-order valence-electron chi connectivity index (χ3n) is 2.53. The molecule has 0 aliphatic carbocycles. The maximum Gasteiger partial charge on any atom is 0.243 e. The molecule has 1 N–H and O–H groups in total. The van der Waals surface area contributed by atoms with Gasteiger partial charge in [-0.25, -0.2) is 4.68 Å². The summed E-state index contributed by atoms with van der Waals surface area (Å²) in [5.41, 5.74) is 1.24. The number of benzene rings is 1. The van der Waals surface area contributed by atoms with Crippen LogP contribution in [0.4, 0.5) is 5.95 Å². The largest absolute Gasteiger partial charge is 0.346 e. The number of rotatable bonds is 4. The number of aryl methyl sites for hydroxylation is 1. The van der Waals surface area contributed by atoms with E-state index in [1.807, 2.05) is 25.2 Å². The van der Waals surface area contributed by atoms with E-state index in [0.29, 0.717) is 5.95 Å². The average Bonchev–Trinajstić information content (AvgIpc) is 2.73. The first kappa shape index (κ1) is 10.6. The van der Waals surface area contributed by atoms with Gasteiger partial charge in [-0.05, 0) is 22.4 Å². The SMILES string of the molecule is CCC(Nc1nnnn1C)c1ccccc1. The quantitative estimate of drug-likeness (QED) is 0.848. The number of nitrogens with zero attached hydrogens (tertiary/aromatic N) is 4.